The lowest BCUT2D eigenvalue weighted by Crippen LogP contribution is -2.55. The third-order valence-corrected chi connectivity index (χ3v) is 7.85. The number of para-hydroxylation sites is 1. The number of nitrogens with zero attached hydrogens (tertiary/aromatic N) is 3. The second-order valence-electron chi connectivity index (χ2n) is 10.1. The zero-order valence-corrected chi connectivity index (χ0v) is 21.1. The van der Waals surface area contributed by atoms with E-state index in [1.54, 1.807) is 24.3 Å². The number of hydrogen-bond donors (Lipinski definition) is 0. The first kappa shape index (κ1) is 22.8. The van der Waals surface area contributed by atoms with E-state index in [1.165, 1.54) is 14.7 Å². The van der Waals surface area contributed by atoms with E-state index in [1.807, 2.05) is 58.0 Å². The fourth-order valence-electron chi connectivity index (χ4n) is 6.01. The van der Waals surface area contributed by atoms with Crippen molar-refractivity contribution < 1.29 is 19.2 Å². The third kappa shape index (κ3) is 2.81. The molecule has 5 rings (SSSR count). The minimum Gasteiger partial charge on any atom is -0.300 e. The van der Waals surface area contributed by atoms with E-state index in [9.17, 15) is 19.2 Å². The Bertz CT molecular complexity index is 1210. The Morgan fingerprint density at radius 3 is 2.09 bits per heavy atom. The number of urea groups is 1. The molecule has 34 heavy (non-hydrogen) atoms. The first-order chi connectivity index (χ1) is 16.1. The maximum absolute atomic E-state index is 14.1. The summed E-state index contributed by atoms with van der Waals surface area (Å²) in [7, 11) is 0. The third-order valence-electron chi connectivity index (χ3n) is 7.32. The molecule has 176 valence electrons. The van der Waals surface area contributed by atoms with Gasteiger partial charge in [0, 0.05) is 10.0 Å². The molecule has 8 heteroatoms. The summed E-state index contributed by atoms with van der Waals surface area (Å²) in [6.07, 6.45) is 0.228. The first-order valence-electron chi connectivity index (χ1n) is 11.4. The topological polar surface area (TPSA) is 78.0 Å². The summed E-state index contributed by atoms with van der Waals surface area (Å²) in [6.45, 7) is 7.25. The van der Waals surface area contributed by atoms with Gasteiger partial charge in [-0.2, -0.15) is 0 Å². The molecular weight excluding hydrogens is 498 g/mol. The van der Waals surface area contributed by atoms with E-state index in [0.29, 0.717) is 5.69 Å². The van der Waals surface area contributed by atoms with Gasteiger partial charge in [-0.3, -0.25) is 19.3 Å². The van der Waals surface area contributed by atoms with Crippen LogP contribution in [0.1, 0.15) is 45.7 Å². The van der Waals surface area contributed by atoms with Crippen LogP contribution in [-0.4, -0.2) is 44.6 Å². The minimum atomic E-state index is -1.43. The smallest absolute Gasteiger partial charge is 0.300 e. The molecule has 0 saturated carbocycles. The van der Waals surface area contributed by atoms with Crippen molar-refractivity contribution in [3.05, 3.63) is 64.6 Å². The first-order valence-corrected chi connectivity index (χ1v) is 12.2. The van der Waals surface area contributed by atoms with Gasteiger partial charge in [-0.15, -0.1) is 0 Å². The molecule has 0 aliphatic carbocycles. The number of fused-ring (bicyclic) bond motifs is 3. The van der Waals surface area contributed by atoms with Gasteiger partial charge in [0.15, 0.2) is 0 Å². The summed E-state index contributed by atoms with van der Waals surface area (Å²) in [4.78, 5) is 59.7. The van der Waals surface area contributed by atoms with Crippen molar-refractivity contribution in [1.82, 2.24) is 9.80 Å². The van der Waals surface area contributed by atoms with Gasteiger partial charge < -0.3 is 4.90 Å². The Balaban J connectivity index is 1.75. The fraction of sp³-hybridized carbons (Fsp3) is 0.385. The van der Waals surface area contributed by atoms with Gasteiger partial charge in [-0.1, -0.05) is 53.2 Å². The predicted octanol–water partition coefficient (Wildman–Crippen LogP) is 4.52. The maximum atomic E-state index is 14.1. The number of carbonyl (C=O) groups is 4. The van der Waals surface area contributed by atoms with Gasteiger partial charge in [-0.05, 0) is 57.0 Å². The molecule has 3 unspecified atom stereocenters. The van der Waals surface area contributed by atoms with Crippen molar-refractivity contribution >= 4 is 45.4 Å². The van der Waals surface area contributed by atoms with Crippen molar-refractivity contribution in [2.45, 2.75) is 51.2 Å². The molecule has 3 aliphatic rings. The standard InChI is InChI=1S/C26H26BrN3O4/c1-5-26-19-18(21(31)30(22(19)32)25(2,3)4)20(15-11-13-16(27)14-12-15)29(26)24(34)28(23(26)33)17-9-7-6-8-10-17/h6-14,18-20H,5H2,1-4H3/t18?,19?,20?,26-/m1/s1. The molecule has 3 heterocycles. The van der Waals surface area contributed by atoms with Gasteiger partial charge in [-0.25, -0.2) is 9.69 Å². The number of imide groups is 2. The Labute approximate surface area is 206 Å². The molecule has 3 aliphatic heterocycles. The van der Waals surface area contributed by atoms with E-state index in [4.69, 9.17) is 0 Å². The van der Waals surface area contributed by atoms with Gasteiger partial charge >= 0.3 is 6.03 Å². The van der Waals surface area contributed by atoms with Crippen LogP contribution in [-0.2, 0) is 14.4 Å². The lowest BCUT2D eigenvalue weighted by Gasteiger charge is -2.37. The SMILES string of the molecule is CC[C@@]12C(=O)N(c3ccccc3)C(=O)N1C(c1ccc(Br)cc1)C1C(=O)N(C(C)(C)C)C(=O)C12. The van der Waals surface area contributed by atoms with E-state index < -0.39 is 40.9 Å². The van der Waals surface area contributed by atoms with Crippen LogP contribution in [0.4, 0.5) is 10.5 Å². The fourth-order valence-corrected chi connectivity index (χ4v) is 6.27. The molecule has 0 bridgehead atoms. The Kier molecular flexibility index (Phi) is 5.02. The van der Waals surface area contributed by atoms with E-state index >= 15 is 0 Å². The van der Waals surface area contributed by atoms with Crippen LogP contribution in [0.25, 0.3) is 0 Å². The molecule has 5 amide bonds. The van der Waals surface area contributed by atoms with Crippen molar-refractivity contribution in [3.63, 3.8) is 0 Å². The highest BCUT2D eigenvalue weighted by atomic mass is 79.9. The molecule has 4 atom stereocenters. The summed E-state index contributed by atoms with van der Waals surface area (Å²) in [5.74, 6) is -2.92. The summed E-state index contributed by atoms with van der Waals surface area (Å²) >= 11 is 3.44. The number of anilines is 1. The van der Waals surface area contributed by atoms with Gasteiger partial charge in [0.1, 0.15) is 5.54 Å². The van der Waals surface area contributed by atoms with E-state index in [0.717, 1.165) is 10.0 Å². The number of benzene rings is 2. The average Bonchev–Trinajstić information content (AvgIpc) is 3.33. The minimum absolute atomic E-state index is 0.228. The van der Waals surface area contributed by atoms with E-state index in [2.05, 4.69) is 15.9 Å². The Hall–Kier alpha value is -3.00. The summed E-state index contributed by atoms with van der Waals surface area (Å²) in [5.41, 5.74) is -0.994. The number of likely N-dealkylation sites (tertiary alicyclic amines) is 1. The number of amides is 5. The number of carbonyl (C=O) groups excluding carboxylic acids is 4. The largest absolute Gasteiger partial charge is 0.332 e. The monoisotopic (exact) mass is 523 g/mol. The molecule has 3 fully saturated rings. The molecule has 0 spiro atoms. The van der Waals surface area contributed by atoms with Gasteiger partial charge in [0.2, 0.25) is 11.8 Å². The predicted molar refractivity (Wildman–Crippen MR) is 130 cm³/mol. The maximum Gasteiger partial charge on any atom is 0.332 e. The second-order valence-corrected chi connectivity index (χ2v) is 11.0. The van der Waals surface area contributed by atoms with Crippen LogP contribution in [0.5, 0.6) is 0 Å². The highest BCUT2D eigenvalue weighted by Gasteiger charge is 2.77. The van der Waals surface area contributed by atoms with Crippen LogP contribution >= 0.6 is 15.9 Å². The van der Waals surface area contributed by atoms with Crippen molar-refractivity contribution in [2.24, 2.45) is 11.8 Å². The van der Waals surface area contributed by atoms with Crippen LogP contribution in [0.3, 0.4) is 0 Å². The molecule has 3 saturated heterocycles. The molecule has 0 radical (unpaired) electrons. The average molecular weight is 524 g/mol. The molecule has 7 nitrogen and oxygen atoms in total. The van der Waals surface area contributed by atoms with Crippen LogP contribution in [0.15, 0.2) is 59.1 Å². The summed E-state index contributed by atoms with van der Waals surface area (Å²) < 4.78 is 0.854. The highest BCUT2D eigenvalue weighted by molar-refractivity contribution is 9.10. The Morgan fingerprint density at radius 2 is 1.53 bits per heavy atom. The molecular formula is C26H26BrN3O4. The lowest BCUT2D eigenvalue weighted by molar-refractivity contribution is -0.149. The van der Waals surface area contributed by atoms with Crippen LogP contribution in [0, 0.1) is 11.8 Å². The van der Waals surface area contributed by atoms with Crippen LogP contribution < -0.4 is 4.90 Å². The zero-order chi connectivity index (χ0) is 24.6. The molecule has 0 N–H and O–H groups in total. The summed E-state index contributed by atoms with van der Waals surface area (Å²) in [6, 6.07) is 14.9. The van der Waals surface area contributed by atoms with Crippen molar-refractivity contribution in [1.29, 1.82) is 0 Å². The number of hydrogen-bond acceptors (Lipinski definition) is 4. The normalized spacial score (nSPS) is 28.7. The molecule has 2 aromatic carbocycles. The summed E-state index contributed by atoms with van der Waals surface area (Å²) in [5, 5.41) is 0. The van der Waals surface area contributed by atoms with Crippen molar-refractivity contribution in [2.75, 3.05) is 4.90 Å². The number of rotatable bonds is 3. The highest BCUT2D eigenvalue weighted by Crippen LogP contribution is 2.60. The zero-order valence-electron chi connectivity index (χ0n) is 19.5. The van der Waals surface area contributed by atoms with Gasteiger partial charge in [0.05, 0.1) is 23.6 Å². The van der Waals surface area contributed by atoms with Crippen LogP contribution in [0.2, 0.25) is 0 Å². The Morgan fingerprint density at radius 1 is 0.912 bits per heavy atom. The quantitative estimate of drug-likeness (QED) is 0.437. The van der Waals surface area contributed by atoms with E-state index in [-0.39, 0.29) is 18.2 Å². The van der Waals surface area contributed by atoms with Crippen molar-refractivity contribution in [3.8, 4) is 0 Å². The lowest BCUT2D eigenvalue weighted by atomic mass is 9.77. The second kappa shape index (κ2) is 7.50. The molecule has 0 aromatic heterocycles. The molecule has 2 aromatic rings. The van der Waals surface area contributed by atoms with Gasteiger partial charge in [0.25, 0.3) is 5.91 Å². The number of halogens is 1.